The molecule has 14 bridgehead atoms. The van der Waals surface area contributed by atoms with Crippen molar-refractivity contribution in [1.29, 1.82) is 0 Å². The first-order chi connectivity index (χ1) is 49.0. The van der Waals surface area contributed by atoms with Gasteiger partial charge in [-0.2, -0.15) is 23.5 Å². The number of aliphatic hydroxyl groups excluding tert-OH is 19. The molecule has 21 fully saturated rings. The van der Waals surface area contributed by atoms with E-state index in [2.05, 4.69) is 5.32 Å². The topological polar surface area (TPSA) is 653 Å². The second kappa shape index (κ2) is 40.0. The van der Waals surface area contributed by atoms with Gasteiger partial charge in [0.15, 0.2) is 44.0 Å². The number of carboxylic acids is 2. The Bertz CT molecular complexity index is 2610. The Labute approximate surface area is 595 Å². The molecule has 103 heavy (non-hydrogen) atoms. The summed E-state index contributed by atoms with van der Waals surface area (Å²) in [7, 11) is 1.35. The van der Waals surface area contributed by atoms with E-state index < -0.39 is 290 Å². The summed E-state index contributed by atoms with van der Waals surface area (Å²) in [5, 5.41) is 239. The largest absolute Gasteiger partial charge is 0.481 e. The van der Waals surface area contributed by atoms with Gasteiger partial charge in [0.05, 0.1) is 77.6 Å². The summed E-state index contributed by atoms with van der Waals surface area (Å²) in [4.78, 5) is 48.7. The van der Waals surface area contributed by atoms with Crippen molar-refractivity contribution in [2.75, 3.05) is 89.5 Å². The lowest BCUT2D eigenvalue weighted by molar-refractivity contribution is -0.395. The van der Waals surface area contributed by atoms with E-state index in [0.717, 1.165) is 23.5 Å². The summed E-state index contributed by atoms with van der Waals surface area (Å²) in [5.41, 5.74) is 0. The molecule has 0 radical (unpaired) electrons. The number of thioether (sulfide) groups is 2. The van der Waals surface area contributed by atoms with E-state index in [9.17, 15) is 126 Å². The van der Waals surface area contributed by atoms with Gasteiger partial charge in [-0.3, -0.25) is 19.2 Å². The van der Waals surface area contributed by atoms with Crippen molar-refractivity contribution in [3.8, 4) is 0 Å². The van der Waals surface area contributed by atoms with Crippen molar-refractivity contribution in [2.45, 2.75) is 247 Å². The second-order valence-electron chi connectivity index (χ2n) is 25.7. The Morgan fingerprint density at radius 3 is 0.845 bits per heavy atom. The smallest absolute Gasteiger partial charge is 0.321 e. The monoisotopic (exact) mass is 1540 g/mol. The zero-order valence-corrected chi connectivity index (χ0v) is 57.2. The highest BCUT2D eigenvalue weighted by atomic mass is 32.2. The van der Waals surface area contributed by atoms with Gasteiger partial charge in [0.25, 0.3) is 0 Å². The number of carboxylic acid groups (broad SMARTS) is 2. The van der Waals surface area contributed by atoms with Crippen LogP contribution < -0.4 is 5.32 Å². The third-order valence-corrected chi connectivity index (χ3v) is 20.9. The first-order valence-corrected chi connectivity index (χ1v) is 35.5. The lowest BCUT2D eigenvalue weighted by Crippen LogP contribution is -2.68. The summed E-state index contributed by atoms with van der Waals surface area (Å²) in [6.07, 6.45) is -73.1. The standard InChI is InChI=1S/C59H97NO41S2/c1-19(66)3-5-86-7-8-87-6-4-21(67)9-20(51(82)83)15-102-17-28-49-35(73)42(80)58(93-28)98-47-26(13-64)89-55(38(76)31(47)69)97-46-25(12-63)92-57(41(79)34(46)72)101-50-29(18-103-16-22(60-2)52(84)85)94-59(43(81)36(50)74)99-48-27(14-65)90-54(39(77)32(48)70)95-44-23(10-61)88-53(37(75)30(44)68)96-45-24(11-62)91-56(100-49)40(78)33(45)71/h20,22-50,53-65,68-81H,3-18H2,1-2H3,(H,82,83)(H,84,85)/t20-,22-,23?,24?,25?,26?,27?,28?,29?,30-,31-,32-,33-,34-,35-,36-,37?,38?,39?,40?,41?,42?,43?,44-,45-,46+,47-,48-,49-,50-,53-,54-,55+,56-,57-,58-,59-/m1/s1. The van der Waals surface area contributed by atoms with Gasteiger partial charge >= 0.3 is 11.9 Å². The number of likely N-dealkylation sites (N-methyl/N-ethyl adjacent to an activating group) is 1. The van der Waals surface area contributed by atoms with E-state index in [1.54, 1.807) is 0 Å². The van der Waals surface area contributed by atoms with Gasteiger partial charge in [0.1, 0.15) is 176 Å². The van der Waals surface area contributed by atoms with E-state index in [0.29, 0.717) is 0 Å². The maximum Gasteiger partial charge on any atom is 0.321 e. The average Bonchev–Trinajstić information content (AvgIpc) is 0.785. The Hall–Kier alpha value is -2.46. The minimum atomic E-state index is -2.31. The van der Waals surface area contributed by atoms with Gasteiger partial charge in [0.2, 0.25) is 0 Å². The molecule has 0 aromatic carbocycles. The number of aliphatic carboxylic acids is 2. The van der Waals surface area contributed by atoms with Gasteiger partial charge in [-0.1, -0.05) is 0 Å². The van der Waals surface area contributed by atoms with Gasteiger partial charge in [-0.05, 0) is 14.0 Å². The summed E-state index contributed by atoms with van der Waals surface area (Å²) in [6.45, 7) is -3.91. The lowest BCUT2D eigenvalue weighted by Gasteiger charge is -2.50. The molecule has 0 spiro atoms. The van der Waals surface area contributed by atoms with Crippen LogP contribution in [-0.4, -0.2) is 441 Å². The molecule has 0 aromatic heterocycles. The Morgan fingerprint density at radius 1 is 0.350 bits per heavy atom. The SMILES string of the molecule is CN[C@H](CSCC1O[C@@H]2O[C@@H]3C(CO)O[C@H](O[C@@H]4C(CO)O[C@H](O[C@@H]5C(CO)O[C@H](O[C@@H]6C(CSC[C@@H](CC(=O)CCOCCOCCC(C)=O)C(=O)O)O[C@H](O[C@@H]7C(CO)O[C@@H](O[C@H]8C(CO)O[C@H](O[C@H]1[C@H](O)C2O)C(O)[C@H]8O)C(O)[C@H]7O)C(O)[C@H]6O)C(O)[C@H]5O)C(O)[C@H]4O)C(O)[C@H]3O)C(=O)O. The van der Waals surface area contributed by atoms with Gasteiger partial charge in [-0.25, -0.2) is 0 Å². The van der Waals surface area contributed by atoms with Crippen molar-refractivity contribution in [1.82, 2.24) is 5.32 Å². The van der Waals surface area contributed by atoms with Crippen LogP contribution in [0.2, 0.25) is 0 Å². The molecule has 14 unspecified atom stereocenters. The Morgan fingerprint density at radius 2 is 0.602 bits per heavy atom. The molecule has 44 heteroatoms. The number of aliphatic hydroxyl groups is 19. The number of carbonyl (C=O) groups is 4. The molecule has 42 nitrogen and oxygen atoms in total. The fraction of sp³-hybridized carbons (Fsp3) is 0.932. The fourth-order valence-corrected chi connectivity index (χ4v) is 15.0. The minimum absolute atomic E-state index is 0.0645. The van der Waals surface area contributed by atoms with Crippen LogP contribution in [0.3, 0.4) is 0 Å². The summed E-state index contributed by atoms with van der Waals surface area (Å²) in [5.74, 6) is -6.08. The molecule has 21 rings (SSSR count). The van der Waals surface area contributed by atoms with Gasteiger partial charge < -0.3 is 188 Å². The third-order valence-electron chi connectivity index (χ3n) is 18.6. The van der Waals surface area contributed by atoms with Crippen molar-refractivity contribution >= 4 is 47.0 Å². The van der Waals surface area contributed by atoms with E-state index in [1.807, 2.05) is 0 Å². The predicted molar refractivity (Wildman–Crippen MR) is 332 cm³/mol. The summed E-state index contributed by atoms with van der Waals surface area (Å²) < 4.78 is 93.3. The zero-order chi connectivity index (χ0) is 75.4. The Balaban J connectivity index is 1.08. The molecule has 21 heterocycles. The van der Waals surface area contributed by atoms with Crippen molar-refractivity contribution in [3.05, 3.63) is 0 Å². The number of ketones is 2. The highest BCUT2D eigenvalue weighted by Gasteiger charge is 2.60. The van der Waals surface area contributed by atoms with Crippen LogP contribution in [-0.2, 0) is 95.0 Å². The number of Topliss-reactive ketones (excluding diaryl/α,β-unsaturated/α-hetero) is 2. The van der Waals surface area contributed by atoms with E-state index in [4.69, 9.17) is 75.8 Å². The lowest BCUT2D eigenvalue weighted by atomic mass is 9.95. The van der Waals surface area contributed by atoms with Gasteiger partial charge in [0, 0.05) is 42.3 Å². The molecular weight excluding hydrogens is 1440 g/mol. The highest BCUT2D eigenvalue weighted by molar-refractivity contribution is 7.99. The Kier molecular flexibility index (Phi) is 33.4. The van der Waals surface area contributed by atoms with E-state index >= 15 is 0 Å². The predicted octanol–water partition coefficient (Wildman–Crippen LogP) is -13.0. The van der Waals surface area contributed by atoms with E-state index in [1.165, 1.54) is 14.0 Å². The molecule has 21 aliphatic heterocycles. The van der Waals surface area contributed by atoms with Crippen LogP contribution >= 0.6 is 23.5 Å². The van der Waals surface area contributed by atoms with Gasteiger partial charge in [-0.15, -0.1) is 0 Å². The molecule has 0 aromatic rings. The first-order valence-electron chi connectivity index (χ1n) is 33.2. The molecule has 37 atom stereocenters. The number of nitrogens with one attached hydrogen (secondary N) is 1. The molecule has 0 aliphatic carbocycles. The number of hydrogen-bond acceptors (Lipinski definition) is 42. The van der Waals surface area contributed by atoms with Crippen LogP contribution in [0.1, 0.15) is 26.2 Å². The number of ether oxygens (including phenoxy) is 16. The molecular formula is C59H97NO41S2. The van der Waals surface area contributed by atoms with Crippen LogP contribution in [0.4, 0.5) is 0 Å². The molecule has 0 amide bonds. The average molecular weight is 1540 g/mol. The van der Waals surface area contributed by atoms with Crippen LogP contribution in [0.5, 0.6) is 0 Å². The number of hydrogen-bond donors (Lipinski definition) is 22. The molecule has 22 N–H and O–H groups in total. The van der Waals surface area contributed by atoms with Crippen molar-refractivity contribution in [3.63, 3.8) is 0 Å². The molecule has 0 saturated carbocycles. The maximum absolute atomic E-state index is 13.0. The highest BCUT2D eigenvalue weighted by Crippen LogP contribution is 2.40. The van der Waals surface area contributed by atoms with Crippen LogP contribution in [0, 0.1) is 5.92 Å². The van der Waals surface area contributed by atoms with E-state index in [-0.39, 0.29) is 62.3 Å². The number of rotatable bonds is 27. The first kappa shape index (κ1) is 86.1. The fourth-order valence-electron chi connectivity index (χ4n) is 12.6. The zero-order valence-electron chi connectivity index (χ0n) is 55.5. The van der Waals surface area contributed by atoms with Crippen LogP contribution in [0.15, 0.2) is 0 Å². The van der Waals surface area contributed by atoms with Crippen LogP contribution in [0.25, 0.3) is 0 Å². The minimum Gasteiger partial charge on any atom is -0.481 e. The quantitative estimate of drug-likeness (QED) is 0.0340. The molecule has 21 saturated heterocycles. The normalized spacial score (nSPS) is 44.9. The second-order valence-corrected chi connectivity index (χ2v) is 27.9. The van der Waals surface area contributed by atoms with Crippen molar-refractivity contribution < 1.29 is 202 Å². The summed E-state index contributed by atoms with van der Waals surface area (Å²) in [6, 6.07) is -1.18. The molecule has 596 valence electrons. The molecule has 21 aliphatic rings. The number of carbonyl (C=O) groups excluding carboxylic acids is 2. The van der Waals surface area contributed by atoms with Crippen molar-refractivity contribution in [2.24, 2.45) is 5.92 Å². The maximum atomic E-state index is 13.0. The summed E-state index contributed by atoms with van der Waals surface area (Å²) >= 11 is 1.66. The third kappa shape index (κ3) is 21.0.